The number of ether oxygens (including phenoxy) is 1. The van der Waals surface area contributed by atoms with Crippen LogP contribution in [-0.4, -0.2) is 62.1 Å². The van der Waals surface area contributed by atoms with Gasteiger partial charge in [-0.2, -0.15) is 0 Å². The number of benzene rings is 1. The topological polar surface area (TPSA) is 108 Å². The zero-order chi connectivity index (χ0) is 16.4. The monoisotopic (exact) mass is 311 g/mol. The maximum absolute atomic E-state index is 10.3. The predicted molar refractivity (Wildman–Crippen MR) is 90.5 cm³/mol. The van der Waals surface area contributed by atoms with Crippen molar-refractivity contribution in [3.05, 3.63) is 24.3 Å². The van der Waals surface area contributed by atoms with Crippen LogP contribution in [0.5, 0.6) is 5.75 Å². The Hall–Kier alpha value is -1.34. The molecular weight excluding hydrogens is 280 g/mol. The predicted octanol–water partition coefficient (Wildman–Crippen LogP) is 0.153. The van der Waals surface area contributed by atoms with Crippen LogP contribution in [0.1, 0.15) is 12.8 Å². The molecule has 0 aliphatic heterocycles. The lowest BCUT2D eigenvalue weighted by molar-refractivity contribution is -0.912. The number of aliphatic hydroxyl groups is 1. The smallest absolute Gasteiger partial charge is 0.137 e. The quantitative estimate of drug-likeness (QED) is 0.344. The van der Waals surface area contributed by atoms with Gasteiger partial charge in [-0.1, -0.05) is 0 Å². The van der Waals surface area contributed by atoms with E-state index in [1.54, 1.807) is 24.3 Å². The number of anilines is 1. The largest absolute Gasteiger partial charge is 0.491 e. The second-order valence-electron chi connectivity index (χ2n) is 6.07. The van der Waals surface area contributed by atoms with Gasteiger partial charge in [-0.3, -0.25) is 0 Å². The van der Waals surface area contributed by atoms with E-state index in [4.69, 9.17) is 21.9 Å². The Morgan fingerprint density at radius 3 is 2.14 bits per heavy atom. The van der Waals surface area contributed by atoms with E-state index in [0.29, 0.717) is 31.1 Å². The first kappa shape index (κ1) is 18.7. The van der Waals surface area contributed by atoms with Crippen LogP contribution in [0.15, 0.2) is 24.3 Å². The Labute approximate surface area is 133 Å². The second kappa shape index (κ2) is 9.63. The SMILES string of the molecule is C[N+](CCCN)(CCCN)CC(O)COc1ccc(N)cc1. The molecule has 0 aliphatic rings. The third-order valence-electron chi connectivity index (χ3n) is 3.78. The highest BCUT2D eigenvalue weighted by atomic mass is 16.5. The average Bonchev–Trinajstić information content (AvgIpc) is 2.50. The molecule has 7 N–H and O–H groups in total. The Kier molecular flexibility index (Phi) is 8.19. The van der Waals surface area contributed by atoms with Gasteiger partial charge in [-0.15, -0.1) is 0 Å². The van der Waals surface area contributed by atoms with Crippen LogP contribution in [0.25, 0.3) is 0 Å². The van der Waals surface area contributed by atoms with Gasteiger partial charge in [-0.05, 0) is 37.4 Å². The molecule has 0 aromatic heterocycles. The van der Waals surface area contributed by atoms with Crippen molar-refractivity contribution < 1.29 is 14.3 Å². The van der Waals surface area contributed by atoms with E-state index in [-0.39, 0.29) is 6.61 Å². The molecule has 0 bridgehead atoms. The van der Waals surface area contributed by atoms with E-state index in [1.165, 1.54) is 0 Å². The van der Waals surface area contributed by atoms with Gasteiger partial charge in [0.2, 0.25) is 0 Å². The van der Waals surface area contributed by atoms with E-state index < -0.39 is 6.10 Å². The van der Waals surface area contributed by atoms with Gasteiger partial charge in [0.15, 0.2) is 0 Å². The van der Waals surface area contributed by atoms with Crippen molar-refractivity contribution in [3.63, 3.8) is 0 Å². The maximum Gasteiger partial charge on any atom is 0.137 e. The lowest BCUT2D eigenvalue weighted by Gasteiger charge is -2.36. The van der Waals surface area contributed by atoms with Gasteiger partial charge in [-0.25, -0.2) is 0 Å². The van der Waals surface area contributed by atoms with Crippen molar-refractivity contribution in [2.45, 2.75) is 18.9 Å². The number of quaternary nitrogens is 1. The van der Waals surface area contributed by atoms with Gasteiger partial charge in [0.05, 0.1) is 20.1 Å². The van der Waals surface area contributed by atoms with Crippen molar-refractivity contribution >= 4 is 5.69 Å². The van der Waals surface area contributed by atoms with Crippen molar-refractivity contribution in [2.24, 2.45) is 11.5 Å². The molecule has 0 saturated carbocycles. The first-order chi connectivity index (χ1) is 10.5. The summed E-state index contributed by atoms with van der Waals surface area (Å²) in [6.45, 7) is 4.10. The van der Waals surface area contributed by atoms with E-state index >= 15 is 0 Å². The molecule has 6 nitrogen and oxygen atoms in total. The fourth-order valence-corrected chi connectivity index (χ4v) is 2.56. The molecule has 0 heterocycles. The molecule has 1 aromatic rings. The molecule has 0 radical (unpaired) electrons. The number of nitrogen functional groups attached to an aromatic ring is 1. The third kappa shape index (κ3) is 7.09. The minimum Gasteiger partial charge on any atom is -0.491 e. The van der Waals surface area contributed by atoms with Crippen LogP contribution in [0.4, 0.5) is 5.69 Å². The van der Waals surface area contributed by atoms with Crippen LogP contribution in [0.3, 0.4) is 0 Å². The Morgan fingerprint density at radius 1 is 1.09 bits per heavy atom. The first-order valence-corrected chi connectivity index (χ1v) is 7.89. The fourth-order valence-electron chi connectivity index (χ4n) is 2.56. The van der Waals surface area contributed by atoms with Gasteiger partial charge in [0.1, 0.15) is 25.0 Å². The molecule has 6 heteroatoms. The molecule has 0 aliphatic carbocycles. The Morgan fingerprint density at radius 2 is 1.64 bits per heavy atom. The van der Waals surface area contributed by atoms with E-state index in [9.17, 15) is 5.11 Å². The summed E-state index contributed by atoms with van der Waals surface area (Å²) in [5, 5.41) is 10.3. The number of rotatable bonds is 11. The van der Waals surface area contributed by atoms with Crippen LogP contribution >= 0.6 is 0 Å². The van der Waals surface area contributed by atoms with E-state index in [2.05, 4.69) is 7.05 Å². The normalized spacial score (nSPS) is 13.1. The number of likely N-dealkylation sites (N-methyl/N-ethyl adjacent to an activating group) is 1. The number of aliphatic hydroxyl groups excluding tert-OH is 1. The van der Waals surface area contributed by atoms with Crippen molar-refractivity contribution in [3.8, 4) is 5.75 Å². The molecule has 22 heavy (non-hydrogen) atoms. The summed E-state index contributed by atoms with van der Waals surface area (Å²) in [5.74, 6) is 0.714. The van der Waals surface area contributed by atoms with Gasteiger partial charge >= 0.3 is 0 Å². The van der Waals surface area contributed by atoms with Crippen LogP contribution in [0, 0.1) is 0 Å². The van der Waals surface area contributed by atoms with Crippen molar-refractivity contribution in [1.29, 1.82) is 0 Å². The minimum absolute atomic E-state index is 0.267. The number of nitrogens with two attached hydrogens (primary N) is 3. The summed E-state index contributed by atoms with van der Waals surface area (Å²) in [6.07, 6.45) is 1.34. The van der Waals surface area contributed by atoms with Crippen molar-refractivity contribution in [1.82, 2.24) is 0 Å². The molecule has 0 amide bonds. The molecule has 1 rings (SSSR count). The Bertz CT molecular complexity index is 403. The maximum atomic E-state index is 10.3. The summed E-state index contributed by atoms with van der Waals surface area (Å²) in [6, 6.07) is 7.17. The molecule has 0 fully saturated rings. The standard InChI is InChI=1S/C16H31N4O2/c1-20(10-2-8-17,11-3-9-18)12-15(21)13-22-16-6-4-14(19)5-7-16/h4-7,15,21H,2-3,8-13,17-19H2,1H3/q+1. The summed E-state index contributed by atoms with van der Waals surface area (Å²) < 4.78 is 6.38. The van der Waals surface area contributed by atoms with Gasteiger partial charge in [0.25, 0.3) is 0 Å². The van der Waals surface area contributed by atoms with E-state index in [0.717, 1.165) is 30.4 Å². The third-order valence-corrected chi connectivity index (χ3v) is 3.78. The van der Waals surface area contributed by atoms with Gasteiger partial charge in [0, 0.05) is 18.5 Å². The summed E-state index contributed by atoms with van der Waals surface area (Å²) in [4.78, 5) is 0. The zero-order valence-electron chi connectivity index (χ0n) is 13.6. The van der Waals surface area contributed by atoms with Crippen LogP contribution < -0.4 is 21.9 Å². The molecule has 1 aromatic carbocycles. The van der Waals surface area contributed by atoms with Gasteiger partial charge < -0.3 is 31.5 Å². The summed E-state index contributed by atoms with van der Waals surface area (Å²) in [7, 11) is 2.14. The summed E-state index contributed by atoms with van der Waals surface area (Å²) >= 11 is 0. The molecule has 0 saturated heterocycles. The number of hydrogen-bond donors (Lipinski definition) is 4. The molecular formula is C16H31N4O2+. The summed E-state index contributed by atoms with van der Waals surface area (Å²) in [5.41, 5.74) is 17.5. The molecule has 126 valence electrons. The highest BCUT2D eigenvalue weighted by molar-refractivity contribution is 5.41. The lowest BCUT2D eigenvalue weighted by Crippen LogP contribution is -2.52. The Balaban J connectivity index is 2.47. The second-order valence-corrected chi connectivity index (χ2v) is 6.07. The van der Waals surface area contributed by atoms with E-state index in [1.807, 2.05) is 0 Å². The fraction of sp³-hybridized carbons (Fsp3) is 0.625. The molecule has 1 unspecified atom stereocenters. The number of nitrogens with zero attached hydrogens (tertiary/aromatic N) is 1. The highest BCUT2D eigenvalue weighted by Gasteiger charge is 2.25. The average molecular weight is 311 g/mol. The van der Waals surface area contributed by atoms with Crippen molar-refractivity contribution in [2.75, 3.05) is 52.1 Å². The van der Waals surface area contributed by atoms with Crippen LogP contribution in [-0.2, 0) is 0 Å². The minimum atomic E-state index is -0.530. The molecule has 0 spiro atoms. The molecule has 1 atom stereocenters. The van der Waals surface area contributed by atoms with Crippen LogP contribution in [0.2, 0.25) is 0 Å². The first-order valence-electron chi connectivity index (χ1n) is 7.89. The number of hydrogen-bond acceptors (Lipinski definition) is 5. The highest BCUT2D eigenvalue weighted by Crippen LogP contribution is 2.14. The zero-order valence-corrected chi connectivity index (χ0v) is 13.6. The lowest BCUT2D eigenvalue weighted by atomic mass is 10.2.